The summed E-state index contributed by atoms with van der Waals surface area (Å²) >= 11 is 2.14. The van der Waals surface area contributed by atoms with Crippen LogP contribution in [-0.4, -0.2) is 17.0 Å². The van der Waals surface area contributed by atoms with Gasteiger partial charge in [0.1, 0.15) is 11.4 Å². The zero-order valence-corrected chi connectivity index (χ0v) is 15.3. The summed E-state index contributed by atoms with van der Waals surface area (Å²) < 4.78 is 41.2. The van der Waals surface area contributed by atoms with Crippen molar-refractivity contribution in [3.63, 3.8) is 0 Å². The largest absolute Gasteiger partial charge is 0.421 e. The zero-order chi connectivity index (χ0) is 18.0. The molecule has 0 amide bonds. The molecule has 1 heterocycles. The standard InChI is InChI=1S/C18H13F3IN3/c1-25(14-9-7-13(22)8-10-14)17-15(18(19,20)21)11-23-16(24-17)12-5-3-2-4-6-12/h2-11H,1H3. The molecule has 1 aromatic heterocycles. The van der Waals surface area contributed by atoms with Crippen molar-refractivity contribution in [2.24, 2.45) is 0 Å². The average Bonchev–Trinajstić information content (AvgIpc) is 2.61. The summed E-state index contributed by atoms with van der Waals surface area (Å²) in [4.78, 5) is 9.53. The average molecular weight is 455 g/mol. The van der Waals surface area contributed by atoms with E-state index in [0.29, 0.717) is 11.3 Å². The van der Waals surface area contributed by atoms with Crippen LogP contribution >= 0.6 is 22.6 Å². The number of benzene rings is 2. The van der Waals surface area contributed by atoms with Crippen LogP contribution in [0.1, 0.15) is 5.56 Å². The van der Waals surface area contributed by atoms with Gasteiger partial charge in [0.05, 0.1) is 0 Å². The number of hydrogen-bond acceptors (Lipinski definition) is 3. The first-order chi connectivity index (χ1) is 11.9. The van der Waals surface area contributed by atoms with E-state index in [-0.39, 0.29) is 11.6 Å². The molecule has 0 N–H and O–H groups in total. The summed E-state index contributed by atoms with van der Waals surface area (Å²) in [6, 6.07) is 16.1. The van der Waals surface area contributed by atoms with Crippen molar-refractivity contribution in [3.8, 4) is 11.4 Å². The van der Waals surface area contributed by atoms with Gasteiger partial charge in [0, 0.05) is 28.1 Å². The van der Waals surface area contributed by atoms with E-state index in [9.17, 15) is 13.2 Å². The van der Waals surface area contributed by atoms with Crippen molar-refractivity contribution >= 4 is 34.1 Å². The van der Waals surface area contributed by atoms with E-state index in [1.807, 2.05) is 18.2 Å². The van der Waals surface area contributed by atoms with Crippen LogP contribution in [0.2, 0.25) is 0 Å². The number of aromatic nitrogens is 2. The third kappa shape index (κ3) is 3.92. The Bertz CT molecular complexity index is 865. The molecule has 0 fully saturated rings. The molecule has 3 nitrogen and oxygen atoms in total. The second-order valence-corrected chi connectivity index (χ2v) is 6.58. The fourth-order valence-corrected chi connectivity index (χ4v) is 2.70. The first kappa shape index (κ1) is 17.7. The molecule has 0 aliphatic carbocycles. The number of hydrogen-bond donors (Lipinski definition) is 0. The smallest absolute Gasteiger partial charge is 0.329 e. The summed E-state index contributed by atoms with van der Waals surface area (Å²) in [6.07, 6.45) is -3.70. The number of halogens is 4. The summed E-state index contributed by atoms with van der Waals surface area (Å²) in [5.74, 6) is 0.0727. The van der Waals surface area contributed by atoms with E-state index in [1.165, 1.54) is 4.90 Å². The van der Waals surface area contributed by atoms with Crippen LogP contribution in [0.3, 0.4) is 0 Å². The molecule has 0 spiro atoms. The molecule has 3 rings (SSSR count). The molecule has 3 aromatic rings. The topological polar surface area (TPSA) is 29.0 Å². The van der Waals surface area contributed by atoms with Gasteiger partial charge in [-0.3, -0.25) is 0 Å². The van der Waals surface area contributed by atoms with Gasteiger partial charge in [0.25, 0.3) is 0 Å². The van der Waals surface area contributed by atoms with E-state index in [2.05, 4.69) is 32.6 Å². The van der Waals surface area contributed by atoms with Gasteiger partial charge >= 0.3 is 6.18 Å². The van der Waals surface area contributed by atoms with Crippen LogP contribution in [0.25, 0.3) is 11.4 Å². The maximum Gasteiger partial charge on any atom is 0.421 e. The monoisotopic (exact) mass is 455 g/mol. The maximum atomic E-state index is 13.4. The molecule has 0 atom stereocenters. The van der Waals surface area contributed by atoms with Crippen LogP contribution in [0.5, 0.6) is 0 Å². The Hall–Kier alpha value is -2.16. The fourth-order valence-electron chi connectivity index (χ4n) is 2.34. The number of rotatable bonds is 3. The molecule has 0 aliphatic heterocycles. The maximum absolute atomic E-state index is 13.4. The Morgan fingerprint density at radius 3 is 2.20 bits per heavy atom. The predicted octanol–water partition coefficient (Wildman–Crippen LogP) is 5.53. The Labute approximate surface area is 156 Å². The number of nitrogens with zero attached hydrogens (tertiary/aromatic N) is 3. The van der Waals surface area contributed by atoms with Gasteiger partial charge in [-0.15, -0.1) is 0 Å². The highest BCUT2D eigenvalue weighted by molar-refractivity contribution is 14.1. The summed E-state index contributed by atoms with van der Waals surface area (Å²) in [7, 11) is 1.56. The predicted molar refractivity (Wildman–Crippen MR) is 99.7 cm³/mol. The van der Waals surface area contributed by atoms with Crippen LogP contribution in [-0.2, 0) is 6.18 Å². The fraction of sp³-hybridized carbons (Fsp3) is 0.111. The SMILES string of the molecule is CN(c1ccc(I)cc1)c1nc(-c2ccccc2)ncc1C(F)(F)F. The molecule has 0 bridgehead atoms. The first-order valence-corrected chi connectivity index (χ1v) is 8.43. The third-order valence-electron chi connectivity index (χ3n) is 3.64. The lowest BCUT2D eigenvalue weighted by atomic mass is 10.2. The van der Waals surface area contributed by atoms with E-state index >= 15 is 0 Å². The van der Waals surface area contributed by atoms with Crippen molar-refractivity contribution < 1.29 is 13.2 Å². The minimum Gasteiger partial charge on any atom is -0.329 e. The first-order valence-electron chi connectivity index (χ1n) is 7.35. The van der Waals surface area contributed by atoms with Gasteiger partial charge in [-0.05, 0) is 46.9 Å². The van der Waals surface area contributed by atoms with Crippen molar-refractivity contribution in [1.82, 2.24) is 9.97 Å². The van der Waals surface area contributed by atoms with Crippen molar-refractivity contribution in [3.05, 3.63) is 69.9 Å². The molecule has 0 saturated carbocycles. The highest BCUT2D eigenvalue weighted by Gasteiger charge is 2.36. The summed E-state index contributed by atoms with van der Waals surface area (Å²) in [6.45, 7) is 0. The lowest BCUT2D eigenvalue weighted by molar-refractivity contribution is -0.137. The second kappa shape index (κ2) is 6.99. The highest BCUT2D eigenvalue weighted by Crippen LogP contribution is 2.37. The van der Waals surface area contributed by atoms with E-state index in [0.717, 1.165) is 9.77 Å². The summed E-state index contributed by atoms with van der Waals surface area (Å²) in [5, 5.41) is 0. The normalized spacial score (nSPS) is 11.4. The number of anilines is 2. The van der Waals surface area contributed by atoms with Gasteiger partial charge < -0.3 is 4.90 Å². The second-order valence-electron chi connectivity index (χ2n) is 5.33. The molecule has 0 radical (unpaired) electrons. The zero-order valence-electron chi connectivity index (χ0n) is 13.1. The molecular weight excluding hydrogens is 442 g/mol. The molecule has 128 valence electrons. The molecular formula is C18H13F3IN3. The van der Waals surface area contributed by atoms with Crippen LogP contribution in [0.4, 0.5) is 24.7 Å². The van der Waals surface area contributed by atoms with Crippen molar-refractivity contribution in [2.75, 3.05) is 11.9 Å². The highest BCUT2D eigenvalue weighted by atomic mass is 127. The van der Waals surface area contributed by atoms with Gasteiger partial charge in [-0.25, -0.2) is 9.97 Å². The van der Waals surface area contributed by atoms with Gasteiger partial charge in [-0.2, -0.15) is 13.2 Å². The quantitative estimate of drug-likeness (QED) is 0.486. The minimum absolute atomic E-state index is 0.178. The lowest BCUT2D eigenvalue weighted by Gasteiger charge is -2.22. The van der Waals surface area contributed by atoms with Gasteiger partial charge in [0.15, 0.2) is 5.82 Å². The van der Waals surface area contributed by atoms with Crippen LogP contribution in [0, 0.1) is 3.57 Å². The van der Waals surface area contributed by atoms with E-state index in [1.54, 1.807) is 43.4 Å². The minimum atomic E-state index is -4.54. The van der Waals surface area contributed by atoms with Crippen molar-refractivity contribution in [2.45, 2.75) is 6.18 Å². The molecule has 7 heteroatoms. The van der Waals surface area contributed by atoms with E-state index in [4.69, 9.17) is 0 Å². The molecule has 0 saturated heterocycles. The Kier molecular flexibility index (Phi) is 4.94. The Morgan fingerprint density at radius 1 is 0.960 bits per heavy atom. The third-order valence-corrected chi connectivity index (χ3v) is 4.36. The molecule has 0 unspecified atom stereocenters. The molecule has 25 heavy (non-hydrogen) atoms. The lowest BCUT2D eigenvalue weighted by Crippen LogP contribution is -2.19. The van der Waals surface area contributed by atoms with Crippen LogP contribution < -0.4 is 4.90 Å². The number of alkyl halides is 3. The molecule has 2 aromatic carbocycles. The van der Waals surface area contributed by atoms with Crippen molar-refractivity contribution in [1.29, 1.82) is 0 Å². The summed E-state index contributed by atoms with van der Waals surface area (Å²) in [5.41, 5.74) is 0.408. The van der Waals surface area contributed by atoms with Gasteiger partial charge in [0.2, 0.25) is 0 Å². The Balaban J connectivity index is 2.12. The van der Waals surface area contributed by atoms with E-state index < -0.39 is 11.7 Å². The Morgan fingerprint density at radius 2 is 1.60 bits per heavy atom. The van der Waals surface area contributed by atoms with Crippen LogP contribution in [0.15, 0.2) is 60.8 Å². The molecule has 0 aliphatic rings. The van der Waals surface area contributed by atoms with Gasteiger partial charge in [-0.1, -0.05) is 30.3 Å².